The van der Waals surface area contributed by atoms with Gasteiger partial charge in [-0.2, -0.15) is 0 Å². The lowest BCUT2D eigenvalue weighted by molar-refractivity contribution is -0.127. The molecule has 0 aromatic heterocycles. The van der Waals surface area contributed by atoms with Crippen molar-refractivity contribution in [1.82, 2.24) is 15.1 Å². The second kappa shape index (κ2) is 7.46. The quantitative estimate of drug-likeness (QED) is 0.894. The topological polar surface area (TPSA) is 35.6 Å². The van der Waals surface area contributed by atoms with Crippen molar-refractivity contribution in [3.05, 3.63) is 35.9 Å². The lowest BCUT2D eigenvalue weighted by Gasteiger charge is -2.35. The van der Waals surface area contributed by atoms with Crippen LogP contribution in [0, 0.1) is 17.8 Å². The molecule has 3 fully saturated rings. The zero-order chi connectivity index (χ0) is 17.2. The first-order valence-electron chi connectivity index (χ1n) is 9.95. The molecule has 4 nitrogen and oxygen atoms in total. The second-order valence-corrected chi connectivity index (χ2v) is 8.36. The van der Waals surface area contributed by atoms with Crippen LogP contribution in [0.2, 0.25) is 0 Å². The van der Waals surface area contributed by atoms with Crippen molar-refractivity contribution in [2.75, 3.05) is 39.8 Å². The number of hydrogen-bond donors (Lipinski definition) is 1. The highest BCUT2D eigenvalue weighted by molar-refractivity contribution is 5.80. The maximum Gasteiger partial charge on any atom is 0.223 e. The molecular weight excluding hydrogens is 310 g/mol. The lowest BCUT2D eigenvalue weighted by atomic mass is 9.88. The Morgan fingerprint density at radius 2 is 1.88 bits per heavy atom. The van der Waals surface area contributed by atoms with Gasteiger partial charge in [-0.3, -0.25) is 9.69 Å². The van der Waals surface area contributed by atoms with Gasteiger partial charge in [-0.25, -0.2) is 0 Å². The summed E-state index contributed by atoms with van der Waals surface area (Å²) < 4.78 is 0. The van der Waals surface area contributed by atoms with Crippen LogP contribution < -0.4 is 5.32 Å². The van der Waals surface area contributed by atoms with E-state index in [1.807, 2.05) is 6.07 Å². The van der Waals surface area contributed by atoms with Crippen molar-refractivity contribution < 1.29 is 4.79 Å². The molecule has 1 aliphatic heterocycles. The van der Waals surface area contributed by atoms with E-state index in [-0.39, 0.29) is 12.0 Å². The average Bonchev–Trinajstić information content (AvgIpc) is 3.27. The molecule has 1 aromatic carbocycles. The minimum atomic E-state index is 0.108. The molecule has 2 bridgehead atoms. The number of hydrogen-bond acceptors (Lipinski definition) is 3. The Kier molecular flexibility index (Phi) is 5.09. The molecule has 2 aliphatic carbocycles. The smallest absolute Gasteiger partial charge is 0.223 e. The predicted molar refractivity (Wildman–Crippen MR) is 100 cm³/mol. The summed E-state index contributed by atoms with van der Waals surface area (Å²) >= 11 is 0. The minimum Gasteiger partial charge on any atom is -0.348 e. The lowest BCUT2D eigenvalue weighted by Crippen LogP contribution is -2.48. The third-order valence-electron chi connectivity index (χ3n) is 6.63. The van der Waals surface area contributed by atoms with Gasteiger partial charge in [0.05, 0.1) is 6.04 Å². The molecule has 25 heavy (non-hydrogen) atoms. The molecule has 1 amide bonds. The van der Waals surface area contributed by atoms with Crippen LogP contribution in [0.3, 0.4) is 0 Å². The van der Waals surface area contributed by atoms with Crippen LogP contribution in [0.25, 0.3) is 0 Å². The summed E-state index contributed by atoms with van der Waals surface area (Å²) in [5, 5.41) is 3.42. The monoisotopic (exact) mass is 341 g/mol. The largest absolute Gasteiger partial charge is 0.348 e. The van der Waals surface area contributed by atoms with Crippen LogP contribution in [0.4, 0.5) is 0 Å². The zero-order valence-corrected chi connectivity index (χ0v) is 15.4. The van der Waals surface area contributed by atoms with Gasteiger partial charge in [-0.05, 0) is 43.7 Å². The van der Waals surface area contributed by atoms with Gasteiger partial charge in [0.25, 0.3) is 0 Å². The van der Waals surface area contributed by atoms with Crippen LogP contribution >= 0.6 is 0 Å². The van der Waals surface area contributed by atoms with E-state index in [1.165, 1.54) is 24.8 Å². The number of likely N-dealkylation sites (N-methyl/N-ethyl adjacent to an activating group) is 1. The van der Waals surface area contributed by atoms with Gasteiger partial charge in [0, 0.05) is 38.6 Å². The summed E-state index contributed by atoms with van der Waals surface area (Å²) in [7, 11) is 2.18. The van der Waals surface area contributed by atoms with Crippen molar-refractivity contribution in [3.63, 3.8) is 0 Å². The van der Waals surface area contributed by atoms with Crippen molar-refractivity contribution in [2.45, 2.75) is 31.7 Å². The van der Waals surface area contributed by atoms with E-state index in [9.17, 15) is 4.79 Å². The zero-order valence-electron chi connectivity index (χ0n) is 15.4. The van der Waals surface area contributed by atoms with Gasteiger partial charge in [-0.15, -0.1) is 0 Å². The molecule has 3 aliphatic rings. The molecule has 0 spiro atoms. The number of piperazine rings is 1. The number of carbonyl (C=O) groups excluding carboxylic acids is 1. The number of rotatable bonds is 5. The molecular formula is C21H31N3O. The van der Waals surface area contributed by atoms with E-state index < -0.39 is 0 Å². The molecule has 2 saturated carbocycles. The Morgan fingerprint density at radius 1 is 1.12 bits per heavy atom. The Hall–Kier alpha value is -1.39. The molecule has 4 atom stereocenters. The average molecular weight is 341 g/mol. The summed E-state index contributed by atoms with van der Waals surface area (Å²) in [5.74, 6) is 2.02. The molecule has 0 radical (unpaired) electrons. The Balaban J connectivity index is 1.43. The fourth-order valence-corrected chi connectivity index (χ4v) is 5.05. The van der Waals surface area contributed by atoms with Crippen LogP contribution in [-0.2, 0) is 4.79 Å². The first kappa shape index (κ1) is 17.0. The molecule has 1 heterocycles. The first-order valence-corrected chi connectivity index (χ1v) is 9.95. The highest BCUT2D eigenvalue weighted by atomic mass is 16.2. The van der Waals surface area contributed by atoms with E-state index in [0.29, 0.717) is 11.8 Å². The number of nitrogens with zero attached hydrogens (tertiary/aromatic N) is 2. The van der Waals surface area contributed by atoms with Gasteiger partial charge >= 0.3 is 0 Å². The minimum absolute atomic E-state index is 0.108. The van der Waals surface area contributed by atoms with Crippen LogP contribution in [-0.4, -0.2) is 55.5 Å². The number of benzene rings is 1. The van der Waals surface area contributed by atoms with Gasteiger partial charge < -0.3 is 10.2 Å². The third kappa shape index (κ3) is 3.90. The number of amides is 1. The summed E-state index contributed by atoms with van der Waals surface area (Å²) in [6, 6.07) is 10.6. The number of carbonyl (C=O) groups is 1. The van der Waals surface area contributed by atoms with Crippen molar-refractivity contribution in [1.29, 1.82) is 0 Å². The van der Waals surface area contributed by atoms with Gasteiger partial charge in [0.15, 0.2) is 0 Å². The second-order valence-electron chi connectivity index (χ2n) is 8.36. The normalized spacial score (nSPS) is 31.2. The molecule has 136 valence electrons. The summed E-state index contributed by atoms with van der Waals surface area (Å²) in [5.41, 5.74) is 1.23. The molecule has 4 rings (SSSR count). The Morgan fingerprint density at radius 3 is 2.52 bits per heavy atom. The Labute approximate surface area is 151 Å². The summed E-state index contributed by atoms with van der Waals surface area (Å²) in [4.78, 5) is 17.9. The molecule has 4 unspecified atom stereocenters. The van der Waals surface area contributed by atoms with Crippen molar-refractivity contribution in [2.24, 2.45) is 17.8 Å². The number of fused-ring (bicyclic) bond motifs is 2. The van der Waals surface area contributed by atoms with E-state index >= 15 is 0 Å². The van der Waals surface area contributed by atoms with Crippen LogP contribution in [0.15, 0.2) is 30.3 Å². The van der Waals surface area contributed by atoms with E-state index in [0.717, 1.165) is 45.1 Å². The van der Waals surface area contributed by atoms with E-state index in [2.05, 4.69) is 46.4 Å². The first-order chi connectivity index (χ1) is 12.2. The third-order valence-corrected chi connectivity index (χ3v) is 6.63. The fourth-order valence-electron chi connectivity index (χ4n) is 5.05. The van der Waals surface area contributed by atoms with Gasteiger partial charge in [0.2, 0.25) is 5.91 Å². The SMILES string of the molecule is CN1CCN(CC(NC(=O)C2CC3CCC2C3)c2ccccc2)CC1. The van der Waals surface area contributed by atoms with Gasteiger partial charge in [-0.1, -0.05) is 36.8 Å². The maximum atomic E-state index is 13.0. The molecule has 1 N–H and O–H groups in total. The van der Waals surface area contributed by atoms with E-state index in [4.69, 9.17) is 0 Å². The molecule has 4 heteroatoms. The van der Waals surface area contributed by atoms with Crippen molar-refractivity contribution in [3.8, 4) is 0 Å². The summed E-state index contributed by atoms with van der Waals surface area (Å²) in [6.07, 6.45) is 5.01. The fraction of sp³-hybridized carbons (Fsp3) is 0.667. The van der Waals surface area contributed by atoms with Crippen molar-refractivity contribution >= 4 is 5.91 Å². The Bertz CT molecular complexity index is 582. The molecule has 1 aromatic rings. The highest BCUT2D eigenvalue weighted by Gasteiger charge is 2.43. The van der Waals surface area contributed by atoms with Gasteiger partial charge in [0.1, 0.15) is 0 Å². The maximum absolute atomic E-state index is 13.0. The number of nitrogens with one attached hydrogen (secondary N) is 1. The standard InChI is InChI=1S/C21H31N3O/c1-23-9-11-24(12-10-23)15-20(17-5-3-2-4-6-17)22-21(25)19-14-16-7-8-18(19)13-16/h2-6,16,18-20H,7-15H2,1H3,(H,22,25). The van der Waals surface area contributed by atoms with E-state index in [1.54, 1.807) is 0 Å². The van der Waals surface area contributed by atoms with Crippen LogP contribution in [0.1, 0.15) is 37.3 Å². The predicted octanol–water partition coefficient (Wildman–Crippen LogP) is 2.53. The molecule has 1 saturated heterocycles. The van der Waals surface area contributed by atoms with Crippen LogP contribution in [0.5, 0.6) is 0 Å². The highest BCUT2D eigenvalue weighted by Crippen LogP contribution is 2.48. The summed E-state index contributed by atoms with van der Waals surface area (Å²) in [6.45, 7) is 5.32.